The molecule has 0 aliphatic heterocycles. The van der Waals surface area contributed by atoms with Crippen LogP contribution in [0.2, 0.25) is 0 Å². The van der Waals surface area contributed by atoms with Crippen molar-refractivity contribution in [2.24, 2.45) is 0 Å². The minimum Gasteiger partial charge on any atom is -0.464 e. The fourth-order valence-corrected chi connectivity index (χ4v) is 2.12. The quantitative estimate of drug-likeness (QED) is 0.493. The summed E-state index contributed by atoms with van der Waals surface area (Å²) in [6.07, 6.45) is 0. The second kappa shape index (κ2) is 4.31. The maximum atomic E-state index is 11.6. The lowest BCUT2D eigenvalue weighted by Gasteiger charge is -2.06. The van der Waals surface area contributed by atoms with E-state index >= 15 is 0 Å². The first kappa shape index (κ1) is 11.6. The highest BCUT2D eigenvalue weighted by Gasteiger charge is 2.14. The molecule has 4 heteroatoms. The van der Waals surface area contributed by atoms with Gasteiger partial charge in [-0.25, -0.2) is 14.8 Å². The van der Waals surface area contributed by atoms with Gasteiger partial charge < -0.3 is 4.74 Å². The molecule has 0 amide bonds. The van der Waals surface area contributed by atoms with Crippen LogP contribution in [0.25, 0.3) is 21.8 Å². The van der Waals surface area contributed by atoms with Crippen molar-refractivity contribution in [1.82, 2.24) is 9.97 Å². The molecule has 3 aromatic rings. The fraction of sp³-hybridized carbons (Fsp3) is 0.133. The topological polar surface area (TPSA) is 52.1 Å². The molecule has 0 unspecified atom stereocenters. The number of ether oxygens (including phenoxy) is 1. The molecular formula is C15H12N2O2. The van der Waals surface area contributed by atoms with E-state index in [2.05, 4.69) is 9.97 Å². The van der Waals surface area contributed by atoms with Crippen LogP contribution in [0.1, 0.15) is 16.2 Å². The molecule has 0 saturated heterocycles. The number of aromatic nitrogens is 2. The summed E-state index contributed by atoms with van der Waals surface area (Å²) in [5.41, 5.74) is 2.33. The van der Waals surface area contributed by atoms with Gasteiger partial charge in [0.25, 0.3) is 0 Å². The molecule has 1 aromatic heterocycles. The Labute approximate surface area is 110 Å². The van der Waals surface area contributed by atoms with Gasteiger partial charge in [-0.3, -0.25) is 0 Å². The third kappa shape index (κ3) is 1.91. The van der Waals surface area contributed by atoms with Crippen LogP contribution in [-0.4, -0.2) is 23.0 Å². The van der Waals surface area contributed by atoms with Crippen LogP contribution < -0.4 is 0 Å². The van der Waals surface area contributed by atoms with Crippen molar-refractivity contribution in [1.29, 1.82) is 0 Å². The Hall–Kier alpha value is -2.49. The summed E-state index contributed by atoms with van der Waals surface area (Å²) in [4.78, 5) is 20.4. The third-order valence-corrected chi connectivity index (χ3v) is 3.08. The lowest BCUT2D eigenvalue weighted by Crippen LogP contribution is -2.08. The smallest absolute Gasteiger partial charge is 0.358 e. The van der Waals surface area contributed by atoms with Gasteiger partial charge in [0.1, 0.15) is 0 Å². The average molecular weight is 252 g/mol. The molecular weight excluding hydrogens is 240 g/mol. The van der Waals surface area contributed by atoms with Crippen molar-refractivity contribution < 1.29 is 9.53 Å². The van der Waals surface area contributed by atoms with E-state index in [1.165, 1.54) is 7.11 Å². The number of fused-ring (bicyclic) bond motifs is 2. The Kier molecular flexibility index (Phi) is 2.63. The average Bonchev–Trinajstić information content (AvgIpc) is 2.43. The van der Waals surface area contributed by atoms with Crippen LogP contribution in [0.15, 0.2) is 36.4 Å². The summed E-state index contributed by atoms with van der Waals surface area (Å²) >= 11 is 0. The highest BCUT2D eigenvalue weighted by molar-refractivity contribution is 5.97. The highest BCUT2D eigenvalue weighted by Crippen LogP contribution is 2.21. The van der Waals surface area contributed by atoms with Crippen LogP contribution >= 0.6 is 0 Å². The van der Waals surface area contributed by atoms with E-state index in [1.807, 2.05) is 36.4 Å². The summed E-state index contributed by atoms with van der Waals surface area (Å²) in [5, 5.41) is 2.18. The molecule has 0 atom stereocenters. The minimum atomic E-state index is -0.458. The highest BCUT2D eigenvalue weighted by atomic mass is 16.5. The van der Waals surface area contributed by atoms with E-state index in [9.17, 15) is 4.79 Å². The zero-order chi connectivity index (χ0) is 13.4. The summed E-state index contributed by atoms with van der Waals surface area (Å²) < 4.78 is 4.71. The first-order valence-electron chi connectivity index (χ1n) is 5.94. The third-order valence-electron chi connectivity index (χ3n) is 3.08. The molecule has 3 rings (SSSR count). The van der Waals surface area contributed by atoms with Crippen molar-refractivity contribution in [2.45, 2.75) is 6.92 Å². The molecule has 0 radical (unpaired) electrons. The first-order valence-corrected chi connectivity index (χ1v) is 5.94. The van der Waals surface area contributed by atoms with Gasteiger partial charge in [-0.2, -0.15) is 0 Å². The zero-order valence-corrected chi connectivity index (χ0v) is 10.7. The zero-order valence-electron chi connectivity index (χ0n) is 10.7. The van der Waals surface area contributed by atoms with Crippen molar-refractivity contribution in [3.63, 3.8) is 0 Å². The van der Waals surface area contributed by atoms with Gasteiger partial charge in [-0.15, -0.1) is 0 Å². The lowest BCUT2D eigenvalue weighted by molar-refractivity contribution is 0.0593. The second-order valence-corrected chi connectivity index (χ2v) is 4.34. The molecule has 4 nitrogen and oxygen atoms in total. The van der Waals surface area contributed by atoms with Gasteiger partial charge in [-0.1, -0.05) is 24.3 Å². The van der Waals surface area contributed by atoms with Crippen LogP contribution in [-0.2, 0) is 4.74 Å². The minimum absolute atomic E-state index is 0.269. The Bertz CT molecular complexity index is 797. The van der Waals surface area contributed by atoms with E-state index in [4.69, 9.17) is 4.74 Å². The summed E-state index contributed by atoms with van der Waals surface area (Å²) in [7, 11) is 1.34. The Morgan fingerprint density at radius 3 is 2.21 bits per heavy atom. The van der Waals surface area contributed by atoms with Crippen LogP contribution in [0.4, 0.5) is 0 Å². The molecule has 0 bridgehead atoms. The van der Waals surface area contributed by atoms with Crippen LogP contribution in [0.3, 0.4) is 0 Å². The number of rotatable bonds is 1. The van der Waals surface area contributed by atoms with Gasteiger partial charge in [-0.05, 0) is 29.8 Å². The van der Waals surface area contributed by atoms with E-state index < -0.39 is 5.97 Å². The monoisotopic (exact) mass is 252 g/mol. The number of carbonyl (C=O) groups excluding carboxylic acids is 1. The number of hydrogen-bond acceptors (Lipinski definition) is 4. The van der Waals surface area contributed by atoms with Gasteiger partial charge in [0.15, 0.2) is 5.69 Å². The fourth-order valence-electron chi connectivity index (χ4n) is 2.12. The maximum absolute atomic E-state index is 11.6. The van der Waals surface area contributed by atoms with Crippen molar-refractivity contribution in [3.05, 3.63) is 47.8 Å². The molecule has 19 heavy (non-hydrogen) atoms. The first-order chi connectivity index (χ1) is 9.19. The van der Waals surface area contributed by atoms with Gasteiger partial charge >= 0.3 is 5.97 Å². The van der Waals surface area contributed by atoms with Crippen LogP contribution in [0, 0.1) is 6.92 Å². The van der Waals surface area contributed by atoms with Crippen molar-refractivity contribution in [2.75, 3.05) is 7.11 Å². The summed E-state index contributed by atoms with van der Waals surface area (Å²) in [6, 6.07) is 11.9. The summed E-state index contributed by atoms with van der Waals surface area (Å²) in [6.45, 7) is 1.76. The Balaban J connectivity index is 2.33. The normalized spacial score (nSPS) is 10.8. The van der Waals surface area contributed by atoms with Gasteiger partial charge in [0.2, 0.25) is 0 Å². The molecule has 0 N–H and O–H groups in total. The van der Waals surface area contributed by atoms with E-state index in [1.54, 1.807) is 6.92 Å². The SMILES string of the molecule is COC(=O)c1nc2cc3ccccc3cc2nc1C. The van der Waals surface area contributed by atoms with Crippen molar-refractivity contribution >= 4 is 27.8 Å². The molecule has 0 aliphatic rings. The Morgan fingerprint density at radius 2 is 1.63 bits per heavy atom. The second-order valence-electron chi connectivity index (χ2n) is 4.34. The number of esters is 1. The largest absolute Gasteiger partial charge is 0.464 e. The number of benzene rings is 2. The van der Waals surface area contributed by atoms with E-state index in [0.29, 0.717) is 11.2 Å². The number of nitrogens with zero attached hydrogens (tertiary/aromatic N) is 2. The Morgan fingerprint density at radius 1 is 1.05 bits per heavy atom. The predicted octanol–water partition coefficient (Wildman–Crippen LogP) is 2.88. The molecule has 0 fully saturated rings. The molecule has 0 aliphatic carbocycles. The maximum Gasteiger partial charge on any atom is 0.358 e. The standard InChI is InChI=1S/C15H12N2O2/c1-9-14(15(18)19-2)17-13-8-11-6-4-3-5-10(11)7-12(13)16-9/h3-8H,1-2H3. The predicted molar refractivity (Wildman–Crippen MR) is 73.1 cm³/mol. The number of methoxy groups -OCH3 is 1. The molecule has 94 valence electrons. The molecule has 1 heterocycles. The lowest BCUT2D eigenvalue weighted by atomic mass is 10.1. The molecule has 0 spiro atoms. The van der Waals surface area contributed by atoms with E-state index in [0.717, 1.165) is 16.3 Å². The van der Waals surface area contributed by atoms with Crippen LogP contribution in [0.5, 0.6) is 0 Å². The summed E-state index contributed by atoms with van der Waals surface area (Å²) in [5.74, 6) is -0.458. The number of hydrogen-bond donors (Lipinski definition) is 0. The van der Waals surface area contributed by atoms with Crippen molar-refractivity contribution in [3.8, 4) is 0 Å². The van der Waals surface area contributed by atoms with E-state index in [-0.39, 0.29) is 5.69 Å². The number of aryl methyl sites for hydroxylation is 1. The van der Waals surface area contributed by atoms with Gasteiger partial charge in [0.05, 0.1) is 23.8 Å². The molecule has 0 saturated carbocycles. The molecule has 2 aromatic carbocycles. The number of carbonyl (C=O) groups is 1. The van der Waals surface area contributed by atoms with Gasteiger partial charge in [0, 0.05) is 0 Å².